The lowest BCUT2D eigenvalue weighted by Gasteiger charge is -2.36. The Kier molecular flexibility index (Phi) is 4.93. The molecule has 1 fully saturated rings. The normalized spacial score (nSPS) is 21.7. The van der Waals surface area contributed by atoms with Crippen LogP contribution in [0.25, 0.3) is 0 Å². The number of rotatable bonds is 3. The van der Waals surface area contributed by atoms with E-state index in [1.165, 1.54) is 12.1 Å². The van der Waals surface area contributed by atoms with Gasteiger partial charge in [0.1, 0.15) is 0 Å². The maximum absolute atomic E-state index is 12.3. The quantitative estimate of drug-likeness (QED) is 0.871. The minimum atomic E-state index is 0.0870. The molecule has 1 atom stereocenters. The first-order chi connectivity index (χ1) is 10.8. The van der Waals surface area contributed by atoms with Gasteiger partial charge >= 0.3 is 6.03 Å². The molecule has 3 rings (SSSR count). The summed E-state index contributed by atoms with van der Waals surface area (Å²) in [6, 6.07) is 4.13. The van der Waals surface area contributed by atoms with E-state index in [9.17, 15) is 4.79 Å². The predicted molar refractivity (Wildman–Crippen MR) is 87.9 cm³/mol. The molecular weight excluding hydrogens is 276 g/mol. The van der Waals surface area contributed by atoms with Gasteiger partial charge in [0.15, 0.2) is 0 Å². The van der Waals surface area contributed by atoms with Gasteiger partial charge in [-0.25, -0.2) is 4.79 Å². The van der Waals surface area contributed by atoms with Crippen molar-refractivity contribution in [3.8, 4) is 0 Å². The van der Waals surface area contributed by atoms with E-state index in [0.717, 1.165) is 45.6 Å². The number of aromatic nitrogens is 1. The van der Waals surface area contributed by atoms with Crippen LogP contribution >= 0.6 is 0 Å². The van der Waals surface area contributed by atoms with E-state index in [4.69, 9.17) is 0 Å². The minimum Gasteiger partial charge on any atom is -0.368 e. The van der Waals surface area contributed by atoms with Crippen LogP contribution in [0.3, 0.4) is 0 Å². The van der Waals surface area contributed by atoms with Crippen LogP contribution in [-0.2, 0) is 0 Å². The molecule has 2 amide bonds. The summed E-state index contributed by atoms with van der Waals surface area (Å²) in [5.74, 6) is 0.604. The summed E-state index contributed by atoms with van der Waals surface area (Å²) < 4.78 is 0. The molecule has 1 unspecified atom stereocenters. The van der Waals surface area contributed by atoms with Gasteiger partial charge in [-0.15, -0.1) is 0 Å². The van der Waals surface area contributed by atoms with Crippen LogP contribution in [0.4, 0.5) is 10.5 Å². The summed E-state index contributed by atoms with van der Waals surface area (Å²) >= 11 is 0. The van der Waals surface area contributed by atoms with Crippen molar-refractivity contribution in [2.24, 2.45) is 5.92 Å². The van der Waals surface area contributed by atoms with Gasteiger partial charge in [0.25, 0.3) is 0 Å². The van der Waals surface area contributed by atoms with Gasteiger partial charge in [0.2, 0.25) is 0 Å². The topological polar surface area (TPSA) is 48.5 Å². The molecule has 0 saturated carbocycles. The van der Waals surface area contributed by atoms with Crippen molar-refractivity contribution in [1.29, 1.82) is 0 Å². The summed E-state index contributed by atoms with van der Waals surface area (Å²) in [7, 11) is 0. The summed E-state index contributed by atoms with van der Waals surface area (Å²) in [4.78, 5) is 20.5. The minimum absolute atomic E-state index is 0.0870. The highest BCUT2D eigenvalue weighted by molar-refractivity contribution is 5.74. The van der Waals surface area contributed by atoms with Gasteiger partial charge in [-0.3, -0.25) is 4.98 Å². The molecule has 1 N–H and O–H groups in total. The van der Waals surface area contributed by atoms with Crippen LogP contribution < -0.4 is 10.2 Å². The number of hydrogen-bond acceptors (Lipinski definition) is 3. The van der Waals surface area contributed by atoms with Gasteiger partial charge < -0.3 is 15.1 Å². The van der Waals surface area contributed by atoms with Crippen molar-refractivity contribution in [2.45, 2.75) is 19.3 Å². The van der Waals surface area contributed by atoms with Crippen molar-refractivity contribution >= 4 is 11.7 Å². The van der Waals surface area contributed by atoms with Gasteiger partial charge in [-0.1, -0.05) is 12.2 Å². The number of carbonyl (C=O) groups excluding carboxylic acids is 1. The summed E-state index contributed by atoms with van der Waals surface area (Å²) in [5.41, 5.74) is 1.18. The molecule has 2 heterocycles. The smallest absolute Gasteiger partial charge is 0.317 e. The number of pyridine rings is 1. The average molecular weight is 300 g/mol. The number of urea groups is 1. The second-order valence-electron chi connectivity index (χ2n) is 6.02. The summed E-state index contributed by atoms with van der Waals surface area (Å²) in [6.07, 6.45) is 11.5. The first-order valence-electron chi connectivity index (χ1n) is 8.15. The van der Waals surface area contributed by atoms with Crippen molar-refractivity contribution in [3.63, 3.8) is 0 Å². The molecule has 1 saturated heterocycles. The number of carbonyl (C=O) groups is 1. The highest BCUT2D eigenvalue weighted by Gasteiger charge is 2.21. The molecule has 5 heteroatoms. The Bertz CT molecular complexity index is 509. The lowest BCUT2D eigenvalue weighted by molar-refractivity contribution is 0.192. The Morgan fingerprint density at radius 2 is 1.95 bits per heavy atom. The Morgan fingerprint density at radius 3 is 2.64 bits per heavy atom. The number of nitrogens with zero attached hydrogens (tertiary/aromatic N) is 3. The summed E-state index contributed by atoms with van der Waals surface area (Å²) in [6.45, 7) is 4.11. The lowest BCUT2D eigenvalue weighted by atomic mass is 9.94. The standard InChI is InChI=1S/C17H24N4O/c22-17(19-14-15-4-2-1-3-5-15)21-12-10-20(11-13-21)16-6-8-18-9-7-16/h1-2,6-9,15H,3-5,10-14H2,(H,19,22). The molecule has 1 aliphatic heterocycles. The van der Waals surface area contributed by atoms with Gasteiger partial charge in [-0.05, 0) is 37.3 Å². The third kappa shape index (κ3) is 3.78. The first-order valence-corrected chi connectivity index (χ1v) is 8.15. The van der Waals surface area contributed by atoms with Gasteiger partial charge in [0, 0.05) is 50.8 Å². The highest BCUT2D eigenvalue weighted by Crippen LogP contribution is 2.17. The first kappa shape index (κ1) is 14.9. The monoisotopic (exact) mass is 300 g/mol. The maximum atomic E-state index is 12.3. The molecular formula is C17H24N4O. The van der Waals surface area contributed by atoms with E-state index in [-0.39, 0.29) is 6.03 Å². The average Bonchev–Trinajstić information content (AvgIpc) is 2.61. The SMILES string of the molecule is O=C(NCC1CC=CCC1)N1CCN(c2ccncc2)CC1. The molecule has 1 aromatic heterocycles. The molecule has 1 aliphatic carbocycles. The predicted octanol–water partition coefficient (Wildman–Crippen LogP) is 2.27. The van der Waals surface area contributed by atoms with Crippen LogP contribution in [-0.4, -0.2) is 48.6 Å². The zero-order valence-electron chi connectivity index (χ0n) is 12.9. The third-order valence-electron chi connectivity index (χ3n) is 4.51. The van der Waals surface area contributed by atoms with E-state index in [2.05, 4.69) is 27.4 Å². The molecule has 0 bridgehead atoms. The van der Waals surface area contributed by atoms with Crippen LogP contribution in [0.2, 0.25) is 0 Å². The molecule has 0 aromatic carbocycles. The maximum Gasteiger partial charge on any atom is 0.317 e. The molecule has 0 spiro atoms. The van der Waals surface area contributed by atoms with Crippen molar-refractivity contribution < 1.29 is 4.79 Å². The van der Waals surface area contributed by atoms with Gasteiger partial charge in [-0.2, -0.15) is 0 Å². The number of nitrogens with one attached hydrogen (secondary N) is 1. The molecule has 2 aliphatic rings. The fraction of sp³-hybridized carbons (Fsp3) is 0.529. The van der Waals surface area contributed by atoms with Crippen LogP contribution in [0.5, 0.6) is 0 Å². The number of amides is 2. The molecule has 1 aromatic rings. The molecule has 5 nitrogen and oxygen atoms in total. The molecule has 22 heavy (non-hydrogen) atoms. The van der Waals surface area contributed by atoms with Crippen LogP contribution in [0.15, 0.2) is 36.7 Å². The zero-order chi connectivity index (χ0) is 15.2. The van der Waals surface area contributed by atoms with Gasteiger partial charge in [0.05, 0.1) is 0 Å². The fourth-order valence-corrected chi connectivity index (χ4v) is 3.11. The molecule has 0 radical (unpaired) electrons. The molecule has 118 valence electrons. The Morgan fingerprint density at radius 1 is 1.18 bits per heavy atom. The lowest BCUT2D eigenvalue weighted by Crippen LogP contribution is -2.52. The second-order valence-corrected chi connectivity index (χ2v) is 6.02. The van der Waals surface area contributed by atoms with Crippen molar-refractivity contribution in [3.05, 3.63) is 36.7 Å². The third-order valence-corrected chi connectivity index (χ3v) is 4.51. The van der Waals surface area contributed by atoms with E-state index in [0.29, 0.717) is 5.92 Å². The van der Waals surface area contributed by atoms with Crippen LogP contribution in [0, 0.1) is 5.92 Å². The Labute approximate surface area is 132 Å². The van der Waals surface area contributed by atoms with E-state index in [1.54, 1.807) is 0 Å². The Hall–Kier alpha value is -2.04. The number of allylic oxidation sites excluding steroid dienone is 2. The zero-order valence-corrected chi connectivity index (χ0v) is 12.9. The largest absolute Gasteiger partial charge is 0.368 e. The Balaban J connectivity index is 1.42. The van der Waals surface area contributed by atoms with Crippen molar-refractivity contribution in [2.75, 3.05) is 37.6 Å². The van der Waals surface area contributed by atoms with E-state index >= 15 is 0 Å². The fourth-order valence-electron chi connectivity index (χ4n) is 3.11. The number of hydrogen-bond donors (Lipinski definition) is 1. The summed E-state index contributed by atoms with van der Waals surface area (Å²) in [5, 5.41) is 3.10. The highest BCUT2D eigenvalue weighted by atomic mass is 16.2. The number of anilines is 1. The van der Waals surface area contributed by atoms with E-state index in [1.807, 2.05) is 29.4 Å². The second kappa shape index (κ2) is 7.29. The number of piperazine rings is 1. The van der Waals surface area contributed by atoms with E-state index < -0.39 is 0 Å². The van der Waals surface area contributed by atoms with Crippen LogP contribution in [0.1, 0.15) is 19.3 Å². The van der Waals surface area contributed by atoms with Crippen molar-refractivity contribution in [1.82, 2.24) is 15.2 Å².